The predicted octanol–water partition coefficient (Wildman–Crippen LogP) is 1.22. The maximum Gasteiger partial charge on any atom is 0.131 e. The van der Waals surface area contributed by atoms with Crippen LogP contribution in [0.3, 0.4) is 0 Å². The largest absolute Gasteiger partial charge is 0.300 e. The number of carbonyl (C=O) groups excluding carboxylic acids is 1. The van der Waals surface area contributed by atoms with Crippen LogP contribution in [0.1, 0.15) is 27.2 Å². The Morgan fingerprint density at radius 2 is 2.11 bits per heavy atom. The van der Waals surface area contributed by atoms with E-state index in [1.165, 1.54) is 6.92 Å². The minimum Gasteiger partial charge on any atom is -0.300 e. The summed E-state index contributed by atoms with van der Waals surface area (Å²) in [7, 11) is 0. The monoisotopic (exact) mass is 133 g/mol. The topological polar surface area (TPSA) is 29.1 Å². The lowest BCUT2D eigenvalue weighted by molar-refractivity contribution is -0.118. The van der Waals surface area contributed by atoms with E-state index in [0.717, 1.165) is 0 Å². The molecule has 0 aromatic carbocycles. The second kappa shape index (κ2) is 2.92. The molecule has 0 rings (SSSR count). The highest BCUT2D eigenvalue weighted by Crippen LogP contribution is 2.07. The highest BCUT2D eigenvalue weighted by Gasteiger charge is 2.18. The summed E-state index contributed by atoms with van der Waals surface area (Å²) < 4.78 is 11.7. The molecule has 0 fully saturated rings. The molecule has 0 aromatic rings. The average molecular weight is 133 g/mol. The lowest BCUT2D eigenvalue weighted by Crippen LogP contribution is -2.35. The van der Waals surface area contributed by atoms with Gasteiger partial charge >= 0.3 is 0 Å². The second-order valence-corrected chi connectivity index (χ2v) is 2.86. The number of ketones is 1. The summed E-state index contributed by atoms with van der Waals surface area (Å²) in [5.74, 6) is -0.00912. The Bertz CT molecular complexity index is 112. The molecule has 0 spiro atoms. The smallest absolute Gasteiger partial charge is 0.131 e. The van der Waals surface area contributed by atoms with Crippen molar-refractivity contribution in [2.75, 3.05) is 0 Å². The van der Waals surface area contributed by atoms with Gasteiger partial charge < -0.3 is 0 Å². The molecule has 0 saturated heterocycles. The summed E-state index contributed by atoms with van der Waals surface area (Å²) in [6, 6.07) is 0. The summed E-state index contributed by atoms with van der Waals surface area (Å²) >= 11 is 0. The summed E-state index contributed by atoms with van der Waals surface area (Å²) in [6.45, 7) is 4.71. The third kappa shape index (κ3) is 4.09. The van der Waals surface area contributed by atoms with E-state index in [0.29, 0.717) is 0 Å². The van der Waals surface area contributed by atoms with E-state index >= 15 is 0 Å². The standard InChI is InChI=1S/C6H12FNO/c1-5(9)4-6(2,3)8-7/h8H,4H2,1-3H3. The number of nitrogens with one attached hydrogen (secondary N) is 1. The molecular formula is C6H12FNO. The molecule has 0 atom stereocenters. The third-order valence-electron chi connectivity index (χ3n) is 0.947. The Balaban J connectivity index is 3.71. The number of hydrogen-bond acceptors (Lipinski definition) is 2. The Hall–Kier alpha value is -0.440. The van der Waals surface area contributed by atoms with Crippen LogP contribution in [0.15, 0.2) is 0 Å². The first kappa shape index (κ1) is 8.56. The van der Waals surface area contributed by atoms with E-state index in [1.807, 2.05) is 0 Å². The van der Waals surface area contributed by atoms with E-state index in [-0.39, 0.29) is 12.2 Å². The molecule has 0 unspecified atom stereocenters. The Labute approximate surface area is 54.4 Å². The van der Waals surface area contributed by atoms with Gasteiger partial charge in [-0.05, 0) is 20.8 Å². The fourth-order valence-electron chi connectivity index (χ4n) is 0.656. The highest BCUT2D eigenvalue weighted by atomic mass is 19.2. The number of Topliss-reactive ketones (excluding diaryl/α,β-unsaturated/α-hetero) is 1. The Morgan fingerprint density at radius 1 is 1.67 bits per heavy atom. The second-order valence-electron chi connectivity index (χ2n) is 2.86. The first-order valence-corrected chi connectivity index (χ1v) is 2.85. The summed E-state index contributed by atoms with van der Waals surface area (Å²) in [4.78, 5) is 10.4. The molecule has 1 N–H and O–H groups in total. The van der Waals surface area contributed by atoms with Crippen molar-refractivity contribution in [3.8, 4) is 0 Å². The maximum absolute atomic E-state index is 11.7. The van der Waals surface area contributed by atoms with Crippen LogP contribution >= 0.6 is 0 Å². The average Bonchev–Trinajstić information content (AvgIpc) is 1.63. The van der Waals surface area contributed by atoms with Crippen LogP contribution in [-0.2, 0) is 4.79 Å². The van der Waals surface area contributed by atoms with Crippen molar-refractivity contribution in [1.82, 2.24) is 5.54 Å². The fourth-order valence-corrected chi connectivity index (χ4v) is 0.656. The first-order chi connectivity index (χ1) is 3.98. The van der Waals surface area contributed by atoms with Gasteiger partial charge in [0.15, 0.2) is 0 Å². The summed E-state index contributed by atoms with van der Waals surface area (Å²) in [5.41, 5.74) is 0.849. The number of hydrogen-bond donors (Lipinski definition) is 1. The zero-order valence-electron chi connectivity index (χ0n) is 5.99. The molecule has 3 heteroatoms. The predicted molar refractivity (Wildman–Crippen MR) is 33.6 cm³/mol. The van der Waals surface area contributed by atoms with E-state index in [4.69, 9.17) is 0 Å². The number of halogens is 1. The number of carbonyl (C=O) groups is 1. The van der Waals surface area contributed by atoms with Crippen molar-refractivity contribution in [3.05, 3.63) is 0 Å². The molecule has 0 radical (unpaired) electrons. The van der Waals surface area contributed by atoms with Crippen molar-refractivity contribution in [2.24, 2.45) is 0 Å². The van der Waals surface area contributed by atoms with Crippen LogP contribution in [0.5, 0.6) is 0 Å². The van der Waals surface area contributed by atoms with Gasteiger partial charge in [-0.25, -0.2) is 0 Å². The number of rotatable bonds is 3. The van der Waals surface area contributed by atoms with Gasteiger partial charge in [-0.1, -0.05) is 0 Å². The molecule has 0 aliphatic heterocycles. The van der Waals surface area contributed by atoms with Crippen LogP contribution in [0.25, 0.3) is 0 Å². The van der Waals surface area contributed by atoms with Crippen LogP contribution in [0.2, 0.25) is 0 Å². The molecule has 54 valence electrons. The molecule has 0 saturated carbocycles. The fraction of sp³-hybridized carbons (Fsp3) is 0.833. The minimum atomic E-state index is -0.703. The Morgan fingerprint density at radius 3 is 2.22 bits per heavy atom. The van der Waals surface area contributed by atoms with E-state index in [1.54, 1.807) is 19.4 Å². The highest BCUT2D eigenvalue weighted by molar-refractivity contribution is 5.76. The summed E-state index contributed by atoms with van der Waals surface area (Å²) in [6.07, 6.45) is 0.226. The molecule has 9 heavy (non-hydrogen) atoms. The summed E-state index contributed by atoms with van der Waals surface area (Å²) in [5, 5.41) is 0. The lowest BCUT2D eigenvalue weighted by Gasteiger charge is -2.18. The maximum atomic E-state index is 11.7. The minimum absolute atomic E-state index is 0.00912. The molecule has 0 aromatic heterocycles. The molecule has 0 aliphatic rings. The lowest BCUT2D eigenvalue weighted by atomic mass is 10.0. The van der Waals surface area contributed by atoms with Crippen LogP contribution in [0.4, 0.5) is 4.48 Å². The van der Waals surface area contributed by atoms with Crippen molar-refractivity contribution in [2.45, 2.75) is 32.7 Å². The first-order valence-electron chi connectivity index (χ1n) is 2.85. The van der Waals surface area contributed by atoms with Gasteiger partial charge in [0.25, 0.3) is 0 Å². The van der Waals surface area contributed by atoms with Gasteiger partial charge in [-0.3, -0.25) is 4.79 Å². The van der Waals surface area contributed by atoms with E-state index < -0.39 is 5.54 Å². The molecular weight excluding hydrogens is 121 g/mol. The van der Waals surface area contributed by atoms with E-state index in [2.05, 4.69) is 0 Å². The van der Waals surface area contributed by atoms with Gasteiger partial charge in [-0.15, -0.1) is 4.48 Å². The molecule has 0 amide bonds. The van der Waals surface area contributed by atoms with Crippen molar-refractivity contribution < 1.29 is 9.28 Å². The van der Waals surface area contributed by atoms with Gasteiger partial charge in [0.1, 0.15) is 5.78 Å². The van der Waals surface area contributed by atoms with Gasteiger partial charge in [0, 0.05) is 12.0 Å². The SMILES string of the molecule is CC(=O)CC(C)(C)NF. The van der Waals surface area contributed by atoms with Crippen molar-refractivity contribution in [1.29, 1.82) is 0 Å². The van der Waals surface area contributed by atoms with Crippen molar-refractivity contribution in [3.63, 3.8) is 0 Å². The molecule has 0 aliphatic carbocycles. The van der Waals surface area contributed by atoms with Crippen molar-refractivity contribution >= 4 is 5.78 Å². The Kier molecular flexibility index (Phi) is 2.77. The molecule has 0 bridgehead atoms. The zero-order chi connectivity index (χ0) is 7.49. The third-order valence-corrected chi connectivity index (χ3v) is 0.947. The van der Waals surface area contributed by atoms with Gasteiger partial charge in [-0.2, -0.15) is 5.54 Å². The normalized spacial score (nSPS) is 11.6. The van der Waals surface area contributed by atoms with Crippen LogP contribution in [-0.4, -0.2) is 11.3 Å². The quantitative estimate of drug-likeness (QED) is 0.586. The molecule has 2 nitrogen and oxygen atoms in total. The van der Waals surface area contributed by atoms with Crippen LogP contribution < -0.4 is 5.54 Å². The van der Waals surface area contributed by atoms with Crippen LogP contribution in [0, 0.1) is 0 Å². The zero-order valence-corrected chi connectivity index (χ0v) is 5.99. The van der Waals surface area contributed by atoms with Gasteiger partial charge in [0.2, 0.25) is 0 Å². The van der Waals surface area contributed by atoms with Gasteiger partial charge in [0.05, 0.1) is 0 Å². The van der Waals surface area contributed by atoms with E-state index in [9.17, 15) is 9.28 Å². The molecule has 0 heterocycles.